The second-order valence-electron chi connectivity index (χ2n) is 5.69. The van der Waals surface area contributed by atoms with Gasteiger partial charge in [-0.3, -0.25) is 9.78 Å². The molecule has 2 atom stereocenters. The molecule has 1 aromatic carbocycles. The van der Waals surface area contributed by atoms with E-state index in [4.69, 9.17) is 5.73 Å². The van der Waals surface area contributed by atoms with Gasteiger partial charge in [-0.05, 0) is 36.6 Å². The summed E-state index contributed by atoms with van der Waals surface area (Å²) in [5.41, 5.74) is 8.42. The Morgan fingerprint density at radius 2 is 2.24 bits per heavy atom. The predicted molar refractivity (Wildman–Crippen MR) is 83.7 cm³/mol. The van der Waals surface area contributed by atoms with Gasteiger partial charge in [0.05, 0.1) is 11.6 Å². The third-order valence-corrected chi connectivity index (χ3v) is 4.19. The van der Waals surface area contributed by atoms with E-state index in [0.29, 0.717) is 6.42 Å². The van der Waals surface area contributed by atoms with E-state index in [1.54, 1.807) is 6.20 Å². The quantitative estimate of drug-likeness (QED) is 0.942. The number of hydrogen-bond acceptors (Lipinski definition) is 3. The third-order valence-electron chi connectivity index (χ3n) is 4.19. The lowest BCUT2D eigenvalue weighted by molar-refractivity contribution is -0.137. The van der Waals surface area contributed by atoms with Gasteiger partial charge in [-0.1, -0.05) is 19.1 Å². The van der Waals surface area contributed by atoms with Crippen LogP contribution < -0.4 is 5.73 Å². The lowest BCUT2D eigenvalue weighted by Gasteiger charge is -2.40. The van der Waals surface area contributed by atoms with E-state index in [-0.39, 0.29) is 18.0 Å². The molecule has 2 heterocycles. The van der Waals surface area contributed by atoms with E-state index in [9.17, 15) is 4.79 Å². The summed E-state index contributed by atoms with van der Waals surface area (Å²) in [6.07, 6.45) is 4.06. The molecule has 2 N–H and O–H groups in total. The lowest BCUT2D eigenvalue weighted by atomic mass is 9.89. The van der Waals surface area contributed by atoms with Crippen molar-refractivity contribution in [1.29, 1.82) is 0 Å². The number of carbonyl (C=O) groups is 1. The topological polar surface area (TPSA) is 59.2 Å². The van der Waals surface area contributed by atoms with Gasteiger partial charge >= 0.3 is 0 Å². The molecule has 21 heavy (non-hydrogen) atoms. The molecule has 110 valence electrons. The van der Waals surface area contributed by atoms with E-state index in [0.717, 1.165) is 35.9 Å². The third kappa shape index (κ3) is 2.63. The summed E-state index contributed by atoms with van der Waals surface area (Å²) in [5, 5.41) is 1.09. The number of fused-ring (bicyclic) bond motifs is 1. The maximum Gasteiger partial charge on any atom is 0.223 e. The highest BCUT2D eigenvalue weighted by Gasteiger charge is 2.34. The van der Waals surface area contributed by atoms with Crippen molar-refractivity contribution in [2.75, 3.05) is 6.54 Å². The van der Waals surface area contributed by atoms with Gasteiger partial charge in [0.2, 0.25) is 5.91 Å². The van der Waals surface area contributed by atoms with Crippen LogP contribution in [0.4, 0.5) is 0 Å². The number of carbonyl (C=O) groups excluding carboxylic acids is 1. The van der Waals surface area contributed by atoms with Crippen molar-refractivity contribution in [2.24, 2.45) is 5.73 Å². The summed E-state index contributed by atoms with van der Waals surface area (Å²) < 4.78 is 0. The fraction of sp³-hybridized carbons (Fsp3) is 0.412. The van der Waals surface area contributed by atoms with Gasteiger partial charge in [0, 0.05) is 30.6 Å². The first-order chi connectivity index (χ1) is 10.2. The highest BCUT2D eigenvalue weighted by atomic mass is 16.2. The molecule has 2 aromatic rings. The Labute approximate surface area is 125 Å². The summed E-state index contributed by atoms with van der Waals surface area (Å²) in [7, 11) is 0. The molecule has 1 aromatic heterocycles. The van der Waals surface area contributed by atoms with Gasteiger partial charge in [0.1, 0.15) is 0 Å². The van der Waals surface area contributed by atoms with Gasteiger partial charge in [-0.2, -0.15) is 0 Å². The van der Waals surface area contributed by atoms with E-state index in [1.807, 2.05) is 23.1 Å². The summed E-state index contributed by atoms with van der Waals surface area (Å²) in [6, 6.07) is 10.2. The van der Waals surface area contributed by atoms with Crippen molar-refractivity contribution < 1.29 is 4.79 Å². The molecule has 1 fully saturated rings. The second kappa shape index (κ2) is 5.82. The molecule has 4 heteroatoms. The van der Waals surface area contributed by atoms with Crippen molar-refractivity contribution in [3.63, 3.8) is 0 Å². The normalized spacial score (nSPS) is 22.8. The monoisotopic (exact) mass is 283 g/mol. The summed E-state index contributed by atoms with van der Waals surface area (Å²) >= 11 is 0. The van der Waals surface area contributed by atoms with Gasteiger partial charge in [-0.25, -0.2) is 0 Å². The minimum Gasteiger partial charge on any atom is -0.334 e. The number of pyridine rings is 1. The standard InChI is InChI=1S/C17H21N3O/c1-2-10-20-16(21)8-6-14(18)17(20)13-5-7-15-12(11-13)4-3-9-19-15/h3-5,7,9,11,14,17H,2,6,8,10,18H2,1H3. The van der Waals surface area contributed by atoms with Crippen LogP contribution in [0.25, 0.3) is 10.9 Å². The highest BCUT2D eigenvalue weighted by molar-refractivity contribution is 5.81. The molecule has 0 bridgehead atoms. The minimum atomic E-state index is -0.0178. The molecule has 2 unspecified atom stereocenters. The largest absolute Gasteiger partial charge is 0.334 e. The van der Waals surface area contributed by atoms with Crippen LogP contribution in [0.5, 0.6) is 0 Å². The van der Waals surface area contributed by atoms with Gasteiger partial charge in [0.25, 0.3) is 0 Å². The smallest absolute Gasteiger partial charge is 0.223 e. The molecule has 1 aliphatic heterocycles. The number of hydrogen-bond donors (Lipinski definition) is 1. The fourth-order valence-electron chi connectivity index (χ4n) is 3.19. The van der Waals surface area contributed by atoms with Crippen LogP contribution in [0.2, 0.25) is 0 Å². The number of nitrogens with zero attached hydrogens (tertiary/aromatic N) is 2. The number of benzene rings is 1. The highest BCUT2D eigenvalue weighted by Crippen LogP contribution is 2.32. The van der Waals surface area contributed by atoms with E-state index in [1.165, 1.54) is 0 Å². The van der Waals surface area contributed by atoms with Gasteiger partial charge in [0.15, 0.2) is 0 Å². The number of piperidine rings is 1. The summed E-state index contributed by atoms with van der Waals surface area (Å²) in [5.74, 6) is 0.217. The zero-order chi connectivity index (χ0) is 14.8. The van der Waals surface area contributed by atoms with Crippen molar-refractivity contribution in [3.8, 4) is 0 Å². The minimum absolute atomic E-state index is 0.00312. The van der Waals surface area contributed by atoms with Gasteiger partial charge < -0.3 is 10.6 Å². The van der Waals surface area contributed by atoms with Gasteiger partial charge in [-0.15, -0.1) is 0 Å². The maximum absolute atomic E-state index is 12.2. The molecule has 0 spiro atoms. The zero-order valence-electron chi connectivity index (χ0n) is 12.3. The van der Waals surface area contributed by atoms with E-state index < -0.39 is 0 Å². The van der Waals surface area contributed by atoms with Crippen LogP contribution in [0, 0.1) is 0 Å². The lowest BCUT2D eigenvalue weighted by Crippen LogP contribution is -2.49. The Morgan fingerprint density at radius 1 is 1.38 bits per heavy atom. The molecule has 4 nitrogen and oxygen atoms in total. The first kappa shape index (κ1) is 14.0. The van der Waals surface area contributed by atoms with Crippen LogP contribution in [0.1, 0.15) is 37.8 Å². The molecular weight excluding hydrogens is 262 g/mol. The Hall–Kier alpha value is -1.94. The average Bonchev–Trinajstić information content (AvgIpc) is 2.51. The number of nitrogens with two attached hydrogens (primary N) is 1. The van der Waals surface area contributed by atoms with E-state index >= 15 is 0 Å². The molecular formula is C17H21N3O. The zero-order valence-corrected chi connectivity index (χ0v) is 12.3. The molecule has 0 saturated carbocycles. The number of amides is 1. The molecule has 0 radical (unpaired) electrons. The maximum atomic E-state index is 12.2. The van der Waals surface area contributed by atoms with E-state index in [2.05, 4.69) is 24.0 Å². The Balaban J connectivity index is 2.02. The average molecular weight is 283 g/mol. The first-order valence-corrected chi connectivity index (χ1v) is 7.60. The molecule has 1 amide bonds. The molecule has 1 aliphatic rings. The van der Waals surface area contributed by atoms with Crippen LogP contribution in [-0.2, 0) is 4.79 Å². The number of rotatable bonds is 3. The first-order valence-electron chi connectivity index (χ1n) is 7.60. The van der Waals surface area contributed by atoms with Crippen LogP contribution in [0.3, 0.4) is 0 Å². The fourth-order valence-corrected chi connectivity index (χ4v) is 3.19. The predicted octanol–water partition coefficient (Wildman–Crippen LogP) is 2.64. The van der Waals surface area contributed by atoms with Crippen LogP contribution in [-0.4, -0.2) is 28.4 Å². The van der Waals surface area contributed by atoms with Crippen LogP contribution in [0.15, 0.2) is 36.5 Å². The summed E-state index contributed by atoms with van der Waals surface area (Å²) in [6.45, 7) is 2.86. The van der Waals surface area contributed by atoms with Crippen molar-refractivity contribution in [2.45, 2.75) is 38.3 Å². The Morgan fingerprint density at radius 3 is 3.05 bits per heavy atom. The molecule has 3 rings (SSSR count). The Kier molecular flexibility index (Phi) is 3.88. The van der Waals surface area contributed by atoms with Crippen molar-refractivity contribution >= 4 is 16.8 Å². The Bertz CT molecular complexity index is 655. The molecule has 0 aliphatic carbocycles. The number of aromatic nitrogens is 1. The SMILES string of the molecule is CCCN1C(=O)CCC(N)C1c1ccc2ncccc2c1. The summed E-state index contributed by atoms with van der Waals surface area (Å²) in [4.78, 5) is 18.5. The van der Waals surface area contributed by atoms with Crippen LogP contribution >= 0.6 is 0 Å². The van der Waals surface area contributed by atoms with Crippen molar-refractivity contribution in [1.82, 2.24) is 9.88 Å². The van der Waals surface area contributed by atoms with Crippen molar-refractivity contribution in [3.05, 3.63) is 42.1 Å². The second-order valence-corrected chi connectivity index (χ2v) is 5.69. The molecule has 1 saturated heterocycles. The number of likely N-dealkylation sites (tertiary alicyclic amines) is 1.